The van der Waals surface area contributed by atoms with E-state index in [4.69, 9.17) is 4.74 Å². The Hall–Kier alpha value is -0.860. The fourth-order valence-electron chi connectivity index (χ4n) is 3.97. The zero-order valence-electron chi connectivity index (χ0n) is 12.6. The molecule has 2 aliphatic rings. The number of nitrogens with one attached hydrogen (secondary N) is 1. The van der Waals surface area contributed by atoms with Crippen LogP contribution in [0.4, 0.5) is 0 Å². The molecule has 1 saturated carbocycles. The van der Waals surface area contributed by atoms with Crippen molar-refractivity contribution in [2.75, 3.05) is 13.2 Å². The first-order chi connectivity index (χ1) is 9.88. The summed E-state index contributed by atoms with van der Waals surface area (Å²) in [5, 5.41) is 3.69. The van der Waals surface area contributed by atoms with Gasteiger partial charge in [0, 0.05) is 6.04 Å². The van der Waals surface area contributed by atoms with Crippen LogP contribution in [-0.4, -0.2) is 19.2 Å². The number of fused-ring (bicyclic) bond motifs is 1. The molecular formula is C18H27NO. The third-order valence-electron chi connectivity index (χ3n) is 4.98. The lowest BCUT2D eigenvalue weighted by Crippen LogP contribution is -2.39. The molecule has 0 aromatic heterocycles. The summed E-state index contributed by atoms with van der Waals surface area (Å²) in [7, 11) is 0. The molecule has 0 radical (unpaired) electrons. The van der Waals surface area contributed by atoms with E-state index in [9.17, 15) is 0 Å². The number of rotatable bonds is 4. The summed E-state index contributed by atoms with van der Waals surface area (Å²) < 4.78 is 6.11. The van der Waals surface area contributed by atoms with E-state index in [2.05, 4.69) is 36.5 Å². The van der Waals surface area contributed by atoms with Crippen LogP contribution in [0.25, 0.3) is 0 Å². The predicted octanol–water partition coefficient (Wildman–Crippen LogP) is 3.86. The largest absolute Gasteiger partial charge is 0.373 e. The van der Waals surface area contributed by atoms with Crippen LogP contribution in [-0.2, 0) is 11.2 Å². The molecule has 0 saturated heterocycles. The normalized spacial score (nSPS) is 29.9. The average molecular weight is 273 g/mol. The van der Waals surface area contributed by atoms with Crippen molar-refractivity contribution in [3.8, 4) is 0 Å². The van der Waals surface area contributed by atoms with Gasteiger partial charge in [-0.05, 0) is 49.3 Å². The SMILES string of the molecule is CCNC1CCCCC1CC1OCCc2ccccc21. The van der Waals surface area contributed by atoms with E-state index in [-0.39, 0.29) is 0 Å². The smallest absolute Gasteiger partial charge is 0.0831 e. The molecule has 0 amide bonds. The van der Waals surface area contributed by atoms with Crippen molar-refractivity contribution in [1.82, 2.24) is 5.32 Å². The van der Waals surface area contributed by atoms with Gasteiger partial charge in [0.15, 0.2) is 0 Å². The fourth-order valence-corrected chi connectivity index (χ4v) is 3.97. The number of hydrogen-bond donors (Lipinski definition) is 1. The van der Waals surface area contributed by atoms with Gasteiger partial charge in [-0.3, -0.25) is 0 Å². The Kier molecular flexibility index (Phi) is 4.74. The van der Waals surface area contributed by atoms with Gasteiger partial charge < -0.3 is 10.1 Å². The van der Waals surface area contributed by atoms with Crippen molar-refractivity contribution < 1.29 is 4.74 Å². The molecule has 1 aromatic carbocycles. The summed E-state index contributed by atoms with van der Waals surface area (Å²) in [6, 6.07) is 9.55. The summed E-state index contributed by atoms with van der Waals surface area (Å²) in [5.74, 6) is 0.778. The van der Waals surface area contributed by atoms with Gasteiger partial charge in [0.05, 0.1) is 12.7 Å². The number of benzene rings is 1. The molecule has 110 valence electrons. The molecule has 20 heavy (non-hydrogen) atoms. The van der Waals surface area contributed by atoms with E-state index < -0.39 is 0 Å². The Bertz CT molecular complexity index is 429. The molecular weight excluding hydrogens is 246 g/mol. The summed E-state index contributed by atoms with van der Waals surface area (Å²) >= 11 is 0. The minimum atomic E-state index is 0.323. The lowest BCUT2D eigenvalue weighted by Gasteiger charge is -2.36. The second kappa shape index (κ2) is 6.73. The van der Waals surface area contributed by atoms with Gasteiger partial charge in [-0.2, -0.15) is 0 Å². The highest BCUT2D eigenvalue weighted by Gasteiger charge is 2.30. The first kappa shape index (κ1) is 14.1. The van der Waals surface area contributed by atoms with Gasteiger partial charge in [0.1, 0.15) is 0 Å². The molecule has 1 fully saturated rings. The van der Waals surface area contributed by atoms with Crippen molar-refractivity contribution in [3.05, 3.63) is 35.4 Å². The third-order valence-corrected chi connectivity index (χ3v) is 4.98. The summed E-state index contributed by atoms with van der Waals surface area (Å²) in [6.07, 6.45) is 8.07. The monoisotopic (exact) mass is 273 g/mol. The highest BCUT2D eigenvalue weighted by atomic mass is 16.5. The molecule has 1 aromatic rings. The van der Waals surface area contributed by atoms with Crippen molar-refractivity contribution in [1.29, 1.82) is 0 Å². The molecule has 2 heteroatoms. The first-order valence-electron chi connectivity index (χ1n) is 8.31. The summed E-state index contributed by atoms with van der Waals surface area (Å²) in [6.45, 7) is 4.20. The van der Waals surface area contributed by atoms with E-state index in [1.165, 1.54) is 43.2 Å². The van der Waals surface area contributed by atoms with Crippen LogP contribution in [0.1, 0.15) is 56.3 Å². The van der Waals surface area contributed by atoms with Crippen LogP contribution in [0.15, 0.2) is 24.3 Å². The third kappa shape index (κ3) is 3.07. The van der Waals surface area contributed by atoms with Gasteiger partial charge >= 0.3 is 0 Å². The Balaban J connectivity index is 1.71. The highest BCUT2D eigenvalue weighted by molar-refractivity contribution is 5.31. The highest BCUT2D eigenvalue weighted by Crippen LogP contribution is 2.37. The minimum Gasteiger partial charge on any atom is -0.373 e. The molecule has 2 nitrogen and oxygen atoms in total. The second-order valence-corrected chi connectivity index (χ2v) is 6.25. The Labute approximate surface area is 122 Å². The van der Waals surface area contributed by atoms with Crippen molar-refractivity contribution in [3.63, 3.8) is 0 Å². The van der Waals surface area contributed by atoms with Crippen LogP contribution in [0.2, 0.25) is 0 Å². The summed E-state index contributed by atoms with van der Waals surface area (Å²) in [5.41, 5.74) is 2.94. The number of hydrogen-bond acceptors (Lipinski definition) is 2. The quantitative estimate of drug-likeness (QED) is 0.899. The predicted molar refractivity (Wildman–Crippen MR) is 82.9 cm³/mol. The Morgan fingerprint density at radius 3 is 2.95 bits per heavy atom. The van der Waals surface area contributed by atoms with Gasteiger partial charge in [-0.25, -0.2) is 0 Å². The lowest BCUT2D eigenvalue weighted by molar-refractivity contribution is 0.0166. The van der Waals surface area contributed by atoms with Crippen molar-refractivity contribution in [2.45, 2.75) is 57.6 Å². The van der Waals surface area contributed by atoms with E-state index in [0.29, 0.717) is 12.1 Å². The molecule has 1 heterocycles. The van der Waals surface area contributed by atoms with E-state index in [1.54, 1.807) is 0 Å². The molecule has 1 aliphatic heterocycles. The van der Waals surface area contributed by atoms with Gasteiger partial charge in [-0.15, -0.1) is 0 Å². The molecule has 0 spiro atoms. The van der Waals surface area contributed by atoms with Gasteiger partial charge in [-0.1, -0.05) is 44.0 Å². The first-order valence-corrected chi connectivity index (χ1v) is 8.31. The summed E-state index contributed by atoms with van der Waals surface area (Å²) in [4.78, 5) is 0. The zero-order chi connectivity index (χ0) is 13.8. The molecule has 1 N–H and O–H groups in total. The van der Waals surface area contributed by atoms with Gasteiger partial charge in [0.2, 0.25) is 0 Å². The maximum absolute atomic E-state index is 6.11. The average Bonchev–Trinajstić information content (AvgIpc) is 2.50. The maximum atomic E-state index is 6.11. The standard InChI is InChI=1S/C18H27NO/c1-2-19-17-10-6-4-8-15(17)13-18-16-9-5-3-7-14(16)11-12-20-18/h3,5,7,9,15,17-19H,2,4,6,8,10-13H2,1H3. The molecule has 1 aliphatic carbocycles. The van der Waals surface area contributed by atoms with E-state index >= 15 is 0 Å². The van der Waals surface area contributed by atoms with Crippen molar-refractivity contribution >= 4 is 0 Å². The van der Waals surface area contributed by atoms with E-state index in [1.807, 2.05) is 0 Å². The molecule has 0 bridgehead atoms. The van der Waals surface area contributed by atoms with Crippen molar-refractivity contribution in [2.24, 2.45) is 5.92 Å². The van der Waals surface area contributed by atoms with Crippen LogP contribution in [0, 0.1) is 5.92 Å². The van der Waals surface area contributed by atoms with Crippen LogP contribution in [0.3, 0.4) is 0 Å². The number of ether oxygens (including phenoxy) is 1. The van der Waals surface area contributed by atoms with Crippen LogP contribution < -0.4 is 5.32 Å². The Morgan fingerprint density at radius 1 is 1.20 bits per heavy atom. The van der Waals surface area contributed by atoms with Gasteiger partial charge in [0.25, 0.3) is 0 Å². The minimum absolute atomic E-state index is 0.323. The maximum Gasteiger partial charge on any atom is 0.0831 e. The van der Waals surface area contributed by atoms with Crippen LogP contribution in [0.5, 0.6) is 0 Å². The van der Waals surface area contributed by atoms with E-state index in [0.717, 1.165) is 25.5 Å². The molecule has 3 rings (SSSR count). The fraction of sp³-hybridized carbons (Fsp3) is 0.667. The molecule has 3 atom stereocenters. The molecule has 3 unspecified atom stereocenters. The Morgan fingerprint density at radius 2 is 2.05 bits per heavy atom. The topological polar surface area (TPSA) is 21.3 Å². The van der Waals surface area contributed by atoms with Crippen LogP contribution >= 0.6 is 0 Å². The second-order valence-electron chi connectivity index (χ2n) is 6.25. The zero-order valence-corrected chi connectivity index (χ0v) is 12.6. The lowest BCUT2D eigenvalue weighted by atomic mass is 9.79.